The molecular formula is C17H21ClN2O2. The molecule has 0 unspecified atom stereocenters. The van der Waals surface area contributed by atoms with Crippen LogP contribution in [0, 0.1) is 12.8 Å². The molecule has 2 amide bonds. The monoisotopic (exact) mass is 320 g/mol. The Hall–Kier alpha value is -1.55. The third kappa shape index (κ3) is 2.60. The van der Waals surface area contributed by atoms with E-state index < -0.39 is 6.04 Å². The average molecular weight is 321 g/mol. The maximum Gasteiger partial charge on any atom is 0.249 e. The van der Waals surface area contributed by atoms with Gasteiger partial charge in [-0.3, -0.25) is 9.59 Å². The van der Waals surface area contributed by atoms with Crippen LogP contribution in [0.5, 0.6) is 0 Å². The summed E-state index contributed by atoms with van der Waals surface area (Å²) in [5.74, 6) is 0.253. The molecule has 0 spiro atoms. The van der Waals surface area contributed by atoms with E-state index >= 15 is 0 Å². The lowest BCUT2D eigenvalue weighted by atomic mass is 9.84. The molecule has 1 aromatic rings. The number of piperazine rings is 1. The second-order valence-corrected chi connectivity index (χ2v) is 6.67. The Kier molecular flexibility index (Phi) is 4.13. The van der Waals surface area contributed by atoms with Crippen molar-refractivity contribution in [2.24, 2.45) is 5.92 Å². The largest absolute Gasteiger partial charge is 0.329 e. The molecule has 2 fully saturated rings. The minimum absolute atomic E-state index is 0.0288. The molecule has 3 rings (SSSR count). The summed E-state index contributed by atoms with van der Waals surface area (Å²) in [5.41, 5.74) is 1.80. The zero-order valence-electron chi connectivity index (χ0n) is 13.0. The van der Waals surface area contributed by atoms with Gasteiger partial charge in [-0.05, 0) is 44.4 Å². The third-order valence-electron chi connectivity index (χ3n) is 4.86. The average Bonchev–Trinajstić information content (AvgIpc) is 2.43. The number of halogens is 1. The van der Waals surface area contributed by atoms with Crippen LogP contribution in [0.25, 0.3) is 0 Å². The van der Waals surface area contributed by atoms with Gasteiger partial charge in [0.2, 0.25) is 11.8 Å². The normalized spacial score (nSPS) is 22.7. The molecule has 5 heteroatoms. The predicted octanol–water partition coefficient (Wildman–Crippen LogP) is 3.01. The summed E-state index contributed by atoms with van der Waals surface area (Å²) in [7, 11) is 0. The molecule has 4 nitrogen and oxygen atoms in total. The highest BCUT2D eigenvalue weighted by Crippen LogP contribution is 2.31. The van der Waals surface area contributed by atoms with E-state index in [1.165, 1.54) is 0 Å². The van der Waals surface area contributed by atoms with Crippen LogP contribution < -0.4 is 4.90 Å². The second kappa shape index (κ2) is 5.92. The lowest BCUT2D eigenvalue weighted by Crippen LogP contribution is -2.59. The fraction of sp³-hybridized carbons (Fsp3) is 0.529. The Morgan fingerprint density at radius 3 is 2.59 bits per heavy atom. The van der Waals surface area contributed by atoms with E-state index in [0.29, 0.717) is 18.1 Å². The smallest absolute Gasteiger partial charge is 0.249 e. The van der Waals surface area contributed by atoms with Gasteiger partial charge in [0.15, 0.2) is 0 Å². The highest BCUT2D eigenvalue weighted by molar-refractivity contribution is 6.31. The van der Waals surface area contributed by atoms with Crippen LogP contribution >= 0.6 is 11.6 Å². The number of nitrogens with zero attached hydrogens (tertiary/aromatic N) is 2. The van der Waals surface area contributed by atoms with Crippen molar-refractivity contribution in [2.75, 3.05) is 18.0 Å². The number of amides is 2. The number of carbonyl (C=O) groups is 2. The van der Waals surface area contributed by atoms with Gasteiger partial charge in [0.1, 0.15) is 6.04 Å². The van der Waals surface area contributed by atoms with Crippen LogP contribution in [0.15, 0.2) is 18.2 Å². The van der Waals surface area contributed by atoms with Gasteiger partial charge in [0.25, 0.3) is 0 Å². The van der Waals surface area contributed by atoms with Crippen molar-refractivity contribution >= 4 is 29.1 Å². The molecule has 118 valence electrons. The number of anilines is 1. The number of hydrogen-bond donors (Lipinski definition) is 0. The van der Waals surface area contributed by atoms with Crippen molar-refractivity contribution in [3.05, 3.63) is 28.8 Å². The first-order valence-corrected chi connectivity index (χ1v) is 8.25. The highest BCUT2D eigenvalue weighted by Gasteiger charge is 2.38. The van der Waals surface area contributed by atoms with Crippen molar-refractivity contribution in [3.63, 3.8) is 0 Å². The molecule has 1 atom stereocenters. The molecule has 0 aromatic heterocycles. The fourth-order valence-corrected chi connectivity index (χ4v) is 3.24. The summed E-state index contributed by atoms with van der Waals surface area (Å²) in [6.45, 7) is 4.88. The van der Waals surface area contributed by atoms with Crippen molar-refractivity contribution in [1.82, 2.24) is 4.90 Å². The summed E-state index contributed by atoms with van der Waals surface area (Å²) in [6.07, 6.45) is 3.06. The van der Waals surface area contributed by atoms with E-state index in [1.54, 1.807) is 9.80 Å². The van der Waals surface area contributed by atoms with Crippen LogP contribution in [-0.2, 0) is 9.59 Å². The topological polar surface area (TPSA) is 40.6 Å². The first-order valence-electron chi connectivity index (χ1n) is 7.87. The lowest BCUT2D eigenvalue weighted by Gasteiger charge is -2.41. The quantitative estimate of drug-likeness (QED) is 0.840. The first kappa shape index (κ1) is 15.3. The molecule has 1 saturated carbocycles. The summed E-state index contributed by atoms with van der Waals surface area (Å²) in [4.78, 5) is 28.6. The molecule has 1 aliphatic heterocycles. The van der Waals surface area contributed by atoms with E-state index in [9.17, 15) is 9.59 Å². The minimum atomic E-state index is -0.401. The molecule has 1 aliphatic carbocycles. The molecule has 1 heterocycles. The Balaban J connectivity index is 1.76. The maximum atomic E-state index is 12.7. The molecule has 0 bridgehead atoms. The standard InChI is InChI=1S/C17H21ClN2O2/c1-11-6-7-14(10-15(11)18)20-9-8-19(12(2)16(20)21)17(22)13-4-3-5-13/h6-7,10,12-13H,3-5,8-9H2,1-2H3/t12-/m0/s1. The SMILES string of the molecule is Cc1ccc(N2CCN(C(=O)C3CCC3)[C@@H](C)C2=O)cc1Cl. The number of benzene rings is 1. The van der Waals surface area contributed by atoms with Gasteiger partial charge < -0.3 is 9.80 Å². The predicted molar refractivity (Wildman–Crippen MR) is 87.1 cm³/mol. The van der Waals surface area contributed by atoms with E-state index in [2.05, 4.69) is 0 Å². The van der Waals surface area contributed by atoms with Crippen molar-refractivity contribution in [1.29, 1.82) is 0 Å². The molecule has 0 N–H and O–H groups in total. The number of hydrogen-bond acceptors (Lipinski definition) is 2. The highest BCUT2D eigenvalue weighted by atomic mass is 35.5. The summed E-state index contributed by atoms with van der Waals surface area (Å²) >= 11 is 6.16. The number of rotatable bonds is 2. The van der Waals surface area contributed by atoms with Crippen LogP contribution in [0.4, 0.5) is 5.69 Å². The summed E-state index contributed by atoms with van der Waals surface area (Å²) < 4.78 is 0. The lowest BCUT2D eigenvalue weighted by molar-refractivity contribution is -0.146. The van der Waals surface area contributed by atoms with Gasteiger partial charge in [-0.25, -0.2) is 0 Å². The summed E-state index contributed by atoms with van der Waals surface area (Å²) in [5, 5.41) is 0.658. The maximum absolute atomic E-state index is 12.7. The third-order valence-corrected chi connectivity index (χ3v) is 5.27. The van der Waals surface area contributed by atoms with Gasteiger partial charge in [0.05, 0.1) is 0 Å². The van der Waals surface area contributed by atoms with E-state index in [-0.39, 0.29) is 17.7 Å². The second-order valence-electron chi connectivity index (χ2n) is 6.26. The molecule has 1 saturated heterocycles. The summed E-state index contributed by atoms with van der Waals surface area (Å²) in [6, 6.07) is 5.25. The van der Waals surface area contributed by atoms with E-state index in [4.69, 9.17) is 11.6 Å². The van der Waals surface area contributed by atoms with Gasteiger partial charge in [-0.2, -0.15) is 0 Å². The van der Waals surface area contributed by atoms with Gasteiger partial charge in [0, 0.05) is 29.7 Å². The van der Waals surface area contributed by atoms with Crippen molar-refractivity contribution < 1.29 is 9.59 Å². The Labute approximate surface area is 136 Å². The van der Waals surface area contributed by atoms with Crippen LogP contribution in [-0.4, -0.2) is 35.8 Å². The number of carbonyl (C=O) groups excluding carboxylic acids is 2. The Morgan fingerprint density at radius 1 is 1.27 bits per heavy atom. The van der Waals surface area contributed by atoms with Gasteiger partial charge in [-0.1, -0.05) is 24.1 Å². The fourth-order valence-electron chi connectivity index (χ4n) is 3.07. The van der Waals surface area contributed by atoms with Gasteiger partial charge in [-0.15, -0.1) is 0 Å². The van der Waals surface area contributed by atoms with Crippen LogP contribution in [0.2, 0.25) is 5.02 Å². The molecule has 2 aliphatic rings. The zero-order chi connectivity index (χ0) is 15.9. The Morgan fingerprint density at radius 2 is 2.00 bits per heavy atom. The molecular weight excluding hydrogens is 300 g/mol. The van der Waals surface area contributed by atoms with Crippen molar-refractivity contribution in [2.45, 2.75) is 39.2 Å². The zero-order valence-corrected chi connectivity index (χ0v) is 13.8. The van der Waals surface area contributed by atoms with Crippen molar-refractivity contribution in [3.8, 4) is 0 Å². The van der Waals surface area contributed by atoms with Gasteiger partial charge >= 0.3 is 0 Å². The minimum Gasteiger partial charge on any atom is -0.329 e. The van der Waals surface area contributed by atoms with E-state index in [1.807, 2.05) is 32.0 Å². The van der Waals surface area contributed by atoms with E-state index in [0.717, 1.165) is 30.5 Å². The first-order chi connectivity index (χ1) is 10.5. The molecule has 1 aromatic carbocycles. The van der Waals surface area contributed by atoms with Crippen LogP contribution in [0.1, 0.15) is 31.7 Å². The number of aryl methyl sites for hydroxylation is 1. The Bertz CT molecular complexity index is 613. The molecule has 0 radical (unpaired) electrons. The molecule has 22 heavy (non-hydrogen) atoms. The van der Waals surface area contributed by atoms with Crippen LogP contribution in [0.3, 0.4) is 0 Å².